The fourth-order valence-corrected chi connectivity index (χ4v) is 3.00. The first kappa shape index (κ1) is 15.5. The van der Waals surface area contributed by atoms with Crippen LogP contribution < -0.4 is 11.1 Å². The maximum Gasteiger partial charge on any atom is 0.0691 e. The maximum absolute atomic E-state index is 6.06. The molecule has 18 heavy (non-hydrogen) atoms. The van der Waals surface area contributed by atoms with E-state index in [1.165, 1.54) is 19.3 Å². The van der Waals surface area contributed by atoms with E-state index in [-0.39, 0.29) is 11.6 Å². The monoisotopic (exact) mass is 250 g/mol. The van der Waals surface area contributed by atoms with E-state index in [1.54, 1.807) is 0 Å². The number of nitrogens with two attached hydrogens (primary N) is 1. The van der Waals surface area contributed by atoms with Gasteiger partial charge in [0.2, 0.25) is 0 Å². The lowest BCUT2D eigenvalue weighted by atomic mass is 9.83. The third-order valence-corrected chi connectivity index (χ3v) is 4.44. The number of rotatable bonds is 5. The first-order valence-electron chi connectivity index (χ1n) is 7.41. The van der Waals surface area contributed by atoms with Crippen LogP contribution in [0.2, 0.25) is 0 Å². The van der Waals surface area contributed by atoms with Crippen molar-refractivity contribution in [2.24, 2.45) is 11.1 Å². The molecule has 0 aromatic carbocycles. The minimum Gasteiger partial charge on any atom is -0.329 e. The highest BCUT2D eigenvalue weighted by Crippen LogP contribution is 2.38. The summed E-state index contributed by atoms with van der Waals surface area (Å²) in [6, 6.07) is 0.180. The Labute approximate surface area is 113 Å². The molecule has 0 radical (unpaired) electrons. The number of terminal acetylenes is 1. The highest BCUT2D eigenvalue weighted by molar-refractivity contribution is 5.05. The minimum absolute atomic E-state index is 0.0694. The topological polar surface area (TPSA) is 38.0 Å². The molecule has 0 aromatic rings. The predicted octanol–water partition coefficient (Wildman–Crippen LogP) is 3.07. The second-order valence-corrected chi connectivity index (χ2v) is 6.65. The van der Waals surface area contributed by atoms with Gasteiger partial charge in [-0.15, -0.1) is 6.42 Å². The summed E-state index contributed by atoms with van der Waals surface area (Å²) in [5, 5.41) is 3.69. The molecule has 1 saturated carbocycles. The molecule has 2 nitrogen and oxygen atoms in total. The van der Waals surface area contributed by atoms with Crippen molar-refractivity contribution < 1.29 is 0 Å². The number of nitrogens with one attached hydrogen (secondary N) is 1. The van der Waals surface area contributed by atoms with Crippen LogP contribution in [0, 0.1) is 17.8 Å². The standard InChI is InChI=1S/C16H30N2/c1-5-8-14(6-2)18-16(13-17)10-7-9-15(3,4)11-12-16/h2,14,18H,5,7-13,17H2,1,3-4H3. The molecule has 104 valence electrons. The Morgan fingerprint density at radius 1 is 1.28 bits per heavy atom. The van der Waals surface area contributed by atoms with Crippen molar-refractivity contribution in [2.45, 2.75) is 77.3 Å². The van der Waals surface area contributed by atoms with Gasteiger partial charge in [-0.05, 0) is 37.5 Å². The first-order valence-corrected chi connectivity index (χ1v) is 7.41. The summed E-state index contributed by atoms with van der Waals surface area (Å²) in [4.78, 5) is 0. The Morgan fingerprint density at radius 3 is 2.56 bits per heavy atom. The number of hydrogen-bond acceptors (Lipinski definition) is 2. The summed E-state index contributed by atoms with van der Waals surface area (Å²) in [7, 11) is 0. The number of hydrogen-bond donors (Lipinski definition) is 2. The highest BCUT2D eigenvalue weighted by Gasteiger charge is 2.35. The van der Waals surface area contributed by atoms with Gasteiger partial charge in [-0.2, -0.15) is 0 Å². The maximum atomic E-state index is 6.06. The summed E-state index contributed by atoms with van der Waals surface area (Å²) in [6.45, 7) is 7.61. The van der Waals surface area contributed by atoms with Crippen molar-refractivity contribution in [3.8, 4) is 12.3 Å². The average molecular weight is 250 g/mol. The molecule has 0 bridgehead atoms. The molecule has 0 saturated heterocycles. The second-order valence-electron chi connectivity index (χ2n) is 6.65. The molecule has 0 aliphatic heterocycles. The molecule has 2 unspecified atom stereocenters. The Balaban J connectivity index is 2.70. The molecule has 0 amide bonds. The molecule has 0 aromatic heterocycles. The molecule has 3 N–H and O–H groups in total. The molecule has 0 spiro atoms. The first-order chi connectivity index (χ1) is 8.47. The molecule has 2 heteroatoms. The van der Waals surface area contributed by atoms with E-state index in [1.807, 2.05) is 0 Å². The molecule has 0 heterocycles. The van der Waals surface area contributed by atoms with Crippen molar-refractivity contribution in [2.75, 3.05) is 6.54 Å². The summed E-state index contributed by atoms with van der Waals surface area (Å²) < 4.78 is 0. The van der Waals surface area contributed by atoms with Gasteiger partial charge in [-0.1, -0.05) is 39.5 Å². The van der Waals surface area contributed by atoms with Crippen LogP contribution in [0.15, 0.2) is 0 Å². The van der Waals surface area contributed by atoms with Crippen LogP contribution in [0.25, 0.3) is 0 Å². The fraction of sp³-hybridized carbons (Fsp3) is 0.875. The zero-order valence-electron chi connectivity index (χ0n) is 12.4. The van der Waals surface area contributed by atoms with E-state index in [0.717, 1.165) is 25.7 Å². The summed E-state index contributed by atoms with van der Waals surface area (Å²) in [5.74, 6) is 2.88. The SMILES string of the molecule is C#CC(CCC)NC1(CN)CCCC(C)(C)CC1. The van der Waals surface area contributed by atoms with E-state index < -0.39 is 0 Å². The van der Waals surface area contributed by atoms with E-state index in [2.05, 4.69) is 32.0 Å². The smallest absolute Gasteiger partial charge is 0.0691 e. The van der Waals surface area contributed by atoms with Crippen molar-refractivity contribution in [3.63, 3.8) is 0 Å². The Hall–Kier alpha value is -0.520. The summed E-state index contributed by atoms with van der Waals surface area (Å²) in [5.41, 5.74) is 6.59. The predicted molar refractivity (Wildman–Crippen MR) is 79.3 cm³/mol. The van der Waals surface area contributed by atoms with Crippen LogP contribution in [0.5, 0.6) is 0 Å². The molecular weight excluding hydrogens is 220 g/mol. The third kappa shape index (κ3) is 4.30. The molecule has 1 fully saturated rings. The van der Waals surface area contributed by atoms with Gasteiger partial charge in [0.05, 0.1) is 6.04 Å². The Bertz CT molecular complexity index is 290. The van der Waals surface area contributed by atoms with E-state index in [9.17, 15) is 0 Å². The average Bonchev–Trinajstić information content (AvgIpc) is 2.49. The van der Waals surface area contributed by atoms with Gasteiger partial charge >= 0.3 is 0 Å². The molecule has 1 rings (SSSR count). The van der Waals surface area contributed by atoms with Crippen molar-refractivity contribution in [1.82, 2.24) is 5.32 Å². The van der Waals surface area contributed by atoms with Crippen molar-refractivity contribution in [3.05, 3.63) is 0 Å². The summed E-state index contributed by atoms with van der Waals surface area (Å²) in [6.07, 6.45) is 13.9. The summed E-state index contributed by atoms with van der Waals surface area (Å²) >= 11 is 0. The van der Waals surface area contributed by atoms with Crippen molar-refractivity contribution >= 4 is 0 Å². The van der Waals surface area contributed by atoms with Gasteiger partial charge in [0.15, 0.2) is 0 Å². The minimum atomic E-state index is 0.0694. The second kappa shape index (κ2) is 6.59. The van der Waals surface area contributed by atoms with Crippen molar-refractivity contribution in [1.29, 1.82) is 0 Å². The van der Waals surface area contributed by atoms with E-state index >= 15 is 0 Å². The molecule has 1 aliphatic rings. The zero-order chi connectivity index (χ0) is 13.6. The van der Waals surface area contributed by atoms with Crippen LogP contribution in [0.3, 0.4) is 0 Å². The lowest BCUT2D eigenvalue weighted by molar-refractivity contribution is 0.253. The molecule has 1 aliphatic carbocycles. The normalized spacial score (nSPS) is 29.3. The Kier molecular flexibility index (Phi) is 5.69. The van der Waals surface area contributed by atoms with Gasteiger partial charge in [-0.3, -0.25) is 5.32 Å². The molecule has 2 atom stereocenters. The molecular formula is C16H30N2. The van der Waals surface area contributed by atoms with Crippen LogP contribution in [-0.2, 0) is 0 Å². The van der Waals surface area contributed by atoms with Gasteiger partial charge in [0, 0.05) is 12.1 Å². The van der Waals surface area contributed by atoms with Crippen LogP contribution in [0.4, 0.5) is 0 Å². The fourth-order valence-electron chi connectivity index (χ4n) is 3.00. The largest absolute Gasteiger partial charge is 0.329 e. The lowest BCUT2D eigenvalue weighted by Crippen LogP contribution is -2.54. The lowest BCUT2D eigenvalue weighted by Gasteiger charge is -2.36. The quantitative estimate of drug-likeness (QED) is 0.581. The van der Waals surface area contributed by atoms with Gasteiger partial charge in [0.25, 0.3) is 0 Å². The van der Waals surface area contributed by atoms with Gasteiger partial charge in [0.1, 0.15) is 0 Å². The van der Waals surface area contributed by atoms with E-state index in [0.29, 0.717) is 12.0 Å². The van der Waals surface area contributed by atoms with Gasteiger partial charge in [-0.25, -0.2) is 0 Å². The Morgan fingerprint density at radius 2 is 2.00 bits per heavy atom. The van der Waals surface area contributed by atoms with Gasteiger partial charge < -0.3 is 5.73 Å². The zero-order valence-corrected chi connectivity index (χ0v) is 12.4. The van der Waals surface area contributed by atoms with Crippen LogP contribution in [0.1, 0.15) is 65.7 Å². The van der Waals surface area contributed by atoms with E-state index in [4.69, 9.17) is 12.2 Å². The highest BCUT2D eigenvalue weighted by atomic mass is 15.0. The third-order valence-electron chi connectivity index (χ3n) is 4.44. The van der Waals surface area contributed by atoms with Crippen LogP contribution >= 0.6 is 0 Å². The van der Waals surface area contributed by atoms with Crippen LogP contribution in [-0.4, -0.2) is 18.1 Å².